The summed E-state index contributed by atoms with van der Waals surface area (Å²) in [6.07, 6.45) is 8.60. The summed E-state index contributed by atoms with van der Waals surface area (Å²) in [5.74, 6) is 2.36. The van der Waals surface area contributed by atoms with Crippen LogP contribution in [0.2, 0.25) is 12.6 Å². The third-order valence-electron chi connectivity index (χ3n) is 6.51. The highest BCUT2D eigenvalue weighted by atomic mass is 32.3. The fourth-order valence-corrected chi connectivity index (χ4v) is 8.08. The summed E-state index contributed by atoms with van der Waals surface area (Å²) in [4.78, 5) is 0. The topological polar surface area (TPSA) is 57.2 Å². The van der Waals surface area contributed by atoms with Crippen molar-refractivity contribution in [3.8, 4) is 11.5 Å². The van der Waals surface area contributed by atoms with Gasteiger partial charge in [-0.15, -0.1) is 0 Å². The van der Waals surface area contributed by atoms with Crippen LogP contribution in [0.1, 0.15) is 51.2 Å². The van der Waals surface area contributed by atoms with Gasteiger partial charge in [0.1, 0.15) is 11.5 Å². The summed E-state index contributed by atoms with van der Waals surface area (Å²) >= 11 is 2.60. The number of hydrogen-bond acceptors (Lipinski definition) is 6. The van der Waals surface area contributed by atoms with Gasteiger partial charge in [0, 0.05) is 41.6 Å². The van der Waals surface area contributed by atoms with E-state index in [0.29, 0.717) is 12.5 Å². The van der Waals surface area contributed by atoms with E-state index in [9.17, 15) is 4.55 Å². The van der Waals surface area contributed by atoms with Gasteiger partial charge in [-0.3, -0.25) is 4.55 Å². The van der Waals surface area contributed by atoms with Gasteiger partial charge >= 0.3 is 9.04 Å². The quantitative estimate of drug-likeness (QED) is 0.0642. The molecule has 9 heteroatoms. The maximum atomic E-state index is 10.5. The summed E-state index contributed by atoms with van der Waals surface area (Å²) in [5, 5.41) is 0.127. The minimum atomic E-state index is -2.00. The summed E-state index contributed by atoms with van der Waals surface area (Å²) < 4.78 is 33.7. The number of benzene rings is 2. The first-order valence-corrected chi connectivity index (χ1v) is 19.6. The normalized spacial score (nSPS) is 15.0. The van der Waals surface area contributed by atoms with Gasteiger partial charge in [-0.1, -0.05) is 38.1 Å². The Balaban J connectivity index is 1.81. The van der Waals surface area contributed by atoms with E-state index in [-0.39, 0.29) is 10.7 Å². The number of hydrogen-bond donors (Lipinski definition) is 1. The van der Waals surface area contributed by atoms with Crippen LogP contribution in [0.25, 0.3) is 0 Å². The molecule has 2 atom stereocenters. The van der Waals surface area contributed by atoms with Gasteiger partial charge in [0.15, 0.2) is 0 Å². The molecule has 0 saturated carbocycles. The third-order valence-corrected chi connectivity index (χ3v) is 12.3. The molecular weight excluding hydrogens is 541 g/mol. The van der Waals surface area contributed by atoms with E-state index in [0.717, 1.165) is 55.2 Å². The SMILES string of the molecule is CSO[Si+](C)CCCOc1ccc(C(C)(C)c2ccc(OCCC[C@@H](C)S(C)(O)OC[SH+]C)cc2)cc1. The molecule has 2 aromatic carbocycles. The zero-order valence-corrected chi connectivity index (χ0v) is 27.0. The van der Waals surface area contributed by atoms with E-state index in [1.54, 1.807) is 0 Å². The molecule has 37 heavy (non-hydrogen) atoms. The molecule has 0 spiro atoms. The molecule has 5 nitrogen and oxygen atoms in total. The summed E-state index contributed by atoms with van der Waals surface area (Å²) in [6, 6.07) is 17.9. The van der Waals surface area contributed by atoms with Crippen LogP contribution in [-0.2, 0) is 25.2 Å². The van der Waals surface area contributed by atoms with E-state index in [1.165, 1.54) is 23.2 Å². The van der Waals surface area contributed by atoms with Gasteiger partial charge < -0.3 is 9.47 Å². The molecule has 0 saturated heterocycles. The van der Waals surface area contributed by atoms with Gasteiger partial charge in [-0.25, -0.2) is 4.18 Å². The lowest BCUT2D eigenvalue weighted by atomic mass is 9.78. The van der Waals surface area contributed by atoms with Crippen molar-refractivity contribution in [1.82, 2.24) is 0 Å². The lowest BCUT2D eigenvalue weighted by molar-refractivity contribution is 0.303. The van der Waals surface area contributed by atoms with Crippen molar-refractivity contribution in [2.75, 3.05) is 37.9 Å². The Morgan fingerprint density at radius 3 is 1.97 bits per heavy atom. The number of ether oxygens (including phenoxy) is 2. The molecule has 0 radical (unpaired) electrons. The van der Waals surface area contributed by atoms with E-state index in [2.05, 4.69) is 63.7 Å². The molecule has 0 heterocycles. The molecule has 0 aromatic heterocycles. The molecule has 0 aliphatic carbocycles. The predicted molar refractivity (Wildman–Crippen MR) is 167 cm³/mol. The first kappa shape index (κ1) is 32.4. The van der Waals surface area contributed by atoms with E-state index in [1.807, 2.05) is 30.9 Å². The summed E-state index contributed by atoms with van der Waals surface area (Å²) in [5.41, 5.74) is 2.35. The van der Waals surface area contributed by atoms with Gasteiger partial charge in [0.05, 0.1) is 32.1 Å². The van der Waals surface area contributed by atoms with Crippen LogP contribution in [0.4, 0.5) is 0 Å². The van der Waals surface area contributed by atoms with Crippen molar-refractivity contribution in [1.29, 1.82) is 0 Å². The van der Waals surface area contributed by atoms with Crippen LogP contribution in [0.3, 0.4) is 0 Å². The van der Waals surface area contributed by atoms with Crippen molar-refractivity contribution in [3.05, 3.63) is 59.7 Å². The average molecular weight is 587 g/mol. The van der Waals surface area contributed by atoms with Crippen molar-refractivity contribution < 1.29 is 22.1 Å². The highest BCUT2D eigenvalue weighted by Crippen LogP contribution is 2.47. The van der Waals surface area contributed by atoms with Crippen molar-refractivity contribution in [3.63, 3.8) is 0 Å². The van der Waals surface area contributed by atoms with Crippen LogP contribution < -0.4 is 9.47 Å². The predicted octanol–water partition coefficient (Wildman–Crippen LogP) is 7.49. The first-order valence-electron chi connectivity index (χ1n) is 12.8. The molecule has 0 fully saturated rings. The number of rotatable bonds is 18. The molecule has 0 bridgehead atoms. The minimum Gasteiger partial charge on any atom is -0.494 e. The zero-order valence-electron chi connectivity index (χ0n) is 23.5. The molecule has 2 rings (SSSR count). The Kier molecular flexibility index (Phi) is 14.3. The lowest BCUT2D eigenvalue weighted by Crippen LogP contribution is -2.19. The molecule has 0 aliphatic heterocycles. The van der Waals surface area contributed by atoms with Gasteiger partial charge in [-0.2, -0.15) is 14.5 Å². The maximum absolute atomic E-state index is 10.5. The standard InChI is InChI=1S/C28H44O5S3Si/c1-23(36(6,29)32-22-34-4)10-8-19-30-26-15-11-24(12-16-26)28(2,3)25-13-17-27(18-14-25)31-20-9-21-37(7)33-35-5/h11-18,23H,8-10,19-22H2,1-7H3/p+2/t23-/m1/s1. The van der Waals surface area contributed by atoms with Gasteiger partial charge in [-0.05, 0) is 66.9 Å². The second kappa shape index (κ2) is 16.3. The molecular formula is C28H46O5S3Si+2. The third kappa shape index (κ3) is 11.1. The van der Waals surface area contributed by atoms with Crippen LogP contribution in [0.15, 0.2) is 48.5 Å². The Bertz CT molecular complexity index is 894. The van der Waals surface area contributed by atoms with Crippen LogP contribution >= 0.6 is 22.6 Å². The second-order valence-corrected chi connectivity index (χ2v) is 16.4. The summed E-state index contributed by atoms with van der Waals surface area (Å²) in [7, 11) is -2.72. The molecule has 1 N–H and O–H groups in total. The highest BCUT2D eigenvalue weighted by molar-refractivity contribution is 8.25. The smallest absolute Gasteiger partial charge is 0.491 e. The van der Waals surface area contributed by atoms with Crippen molar-refractivity contribution in [2.45, 2.75) is 63.3 Å². The maximum Gasteiger partial charge on any atom is 0.491 e. The monoisotopic (exact) mass is 586 g/mol. The zero-order chi connectivity index (χ0) is 27.3. The fourth-order valence-electron chi connectivity index (χ4n) is 3.85. The highest BCUT2D eigenvalue weighted by Gasteiger charge is 2.24. The van der Waals surface area contributed by atoms with E-state index >= 15 is 0 Å². The van der Waals surface area contributed by atoms with Crippen molar-refractivity contribution in [2.24, 2.45) is 0 Å². The second-order valence-electron chi connectivity index (χ2n) is 9.80. The molecule has 0 aliphatic rings. The van der Waals surface area contributed by atoms with E-state index in [4.69, 9.17) is 17.5 Å². The Hall–Kier alpha value is -0.813. The largest absolute Gasteiger partial charge is 0.494 e. The molecule has 2 aromatic rings. The minimum absolute atomic E-state index is 0.127. The fraction of sp³-hybridized carbons (Fsp3) is 0.571. The van der Waals surface area contributed by atoms with E-state index < -0.39 is 19.6 Å². The number of thiol groups is 1. The first-order chi connectivity index (χ1) is 17.6. The van der Waals surface area contributed by atoms with Crippen LogP contribution in [0, 0.1) is 0 Å². The summed E-state index contributed by atoms with van der Waals surface area (Å²) in [6.45, 7) is 10.1. The van der Waals surface area contributed by atoms with Crippen LogP contribution in [-0.4, -0.2) is 56.8 Å². The van der Waals surface area contributed by atoms with Crippen LogP contribution in [0.5, 0.6) is 11.5 Å². The lowest BCUT2D eigenvalue weighted by Gasteiger charge is -2.38. The van der Waals surface area contributed by atoms with Crippen molar-refractivity contribution >= 4 is 43.4 Å². The average Bonchev–Trinajstić information content (AvgIpc) is 2.88. The van der Waals surface area contributed by atoms with Gasteiger partial charge in [0.2, 0.25) is 5.94 Å². The Morgan fingerprint density at radius 1 is 0.973 bits per heavy atom. The Morgan fingerprint density at radius 2 is 1.49 bits per heavy atom. The molecule has 208 valence electrons. The van der Waals surface area contributed by atoms with Gasteiger partial charge in [0.25, 0.3) is 0 Å². The Labute approximate surface area is 237 Å². The molecule has 0 amide bonds. The molecule has 1 unspecified atom stereocenters.